The number of amides is 2. The monoisotopic (exact) mass is 300 g/mol. The average molecular weight is 300 g/mol. The van der Waals surface area contributed by atoms with Gasteiger partial charge in [-0.15, -0.1) is 11.3 Å². The molecule has 8 nitrogen and oxygen atoms in total. The second kappa shape index (κ2) is 6.66. The van der Waals surface area contributed by atoms with Crippen LogP contribution in [0.15, 0.2) is 12.1 Å². The Balaban J connectivity index is 2.73. The van der Waals surface area contributed by atoms with E-state index in [0.717, 1.165) is 11.3 Å². The van der Waals surface area contributed by atoms with Crippen LogP contribution in [0.1, 0.15) is 23.0 Å². The van der Waals surface area contributed by atoms with E-state index < -0.39 is 30.3 Å². The summed E-state index contributed by atoms with van der Waals surface area (Å²) in [7, 11) is 0. The van der Waals surface area contributed by atoms with Gasteiger partial charge in [-0.25, -0.2) is 4.79 Å². The highest BCUT2D eigenvalue weighted by atomic mass is 32.1. The minimum atomic E-state index is -1.51. The van der Waals surface area contributed by atoms with Crippen molar-refractivity contribution >= 4 is 40.1 Å². The molecule has 2 amide bonds. The quantitative estimate of drug-likeness (QED) is 0.599. The molecule has 0 aliphatic rings. The molecule has 0 saturated heterocycles. The van der Waals surface area contributed by atoms with Crippen LogP contribution in [-0.4, -0.2) is 40.0 Å². The van der Waals surface area contributed by atoms with Crippen LogP contribution in [0.5, 0.6) is 0 Å². The predicted molar refractivity (Wildman–Crippen MR) is 69.8 cm³/mol. The summed E-state index contributed by atoms with van der Waals surface area (Å²) in [6.07, 6.45) is -0.717. The predicted octanol–water partition coefficient (Wildman–Crippen LogP) is 0.364. The molecule has 0 aromatic carbocycles. The van der Waals surface area contributed by atoms with Gasteiger partial charge in [0.25, 0.3) is 5.91 Å². The number of anilines is 1. The lowest BCUT2D eigenvalue weighted by atomic mass is 10.2. The van der Waals surface area contributed by atoms with E-state index in [0.29, 0.717) is 5.00 Å². The van der Waals surface area contributed by atoms with Crippen LogP contribution in [0.2, 0.25) is 0 Å². The normalized spacial score (nSPS) is 11.4. The number of carboxylic acids is 2. The summed E-state index contributed by atoms with van der Waals surface area (Å²) in [5.74, 6) is -3.77. The smallest absolute Gasteiger partial charge is 0.326 e. The van der Waals surface area contributed by atoms with Gasteiger partial charge in [0.05, 0.1) is 16.3 Å². The number of aliphatic carboxylic acids is 2. The van der Waals surface area contributed by atoms with E-state index in [9.17, 15) is 19.2 Å². The Morgan fingerprint density at radius 3 is 2.40 bits per heavy atom. The molecule has 1 aromatic heterocycles. The van der Waals surface area contributed by atoms with Crippen LogP contribution in [0, 0.1) is 0 Å². The van der Waals surface area contributed by atoms with Gasteiger partial charge in [-0.05, 0) is 12.1 Å². The van der Waals surface area contributed by atoms with Crippen LogP contribution in [0.25, 0.3) is 0 Å². The van der Waals surface area contributed by atoms with Gasteiger partial charge in [0.15, 0.2) is 0 Å². The molecule has 0 saturated carbocycles. The molecule has 0 fully saturated rings. The summed E-state index contributed by atoms with van der Waals surface area (Å²) in [4.78, 5) is 44.1. The van der Waals surface area contributed by atoms with Gasteiger partial charge < -0.3 is 20.8 Å². The van der Waals surface area contributed by atoms with E-state index in [-0.39, 0.29) is 10.8 Å². The van der Waals surface area contributed by atoms with E-state index in [1.54, 1.807) is 0 Å². The third kappa shape index (κ3) is 4.69. The molecule has 9 heteroatoms. The molecule has 1 heterocycles. The van der Waals surface area contributed by atoms with E-state index >= 15 is 0 Å². The number of nitrogens with one attached hydrogen (secondary N) is 2. The minimum absolute atomic E-state index is 0.172. The maximum Gasteiger partial charge on any atom is 0.326 e. The summed E-state index contributed by atoms with van der Waals surface area (Å²) < 4.78 is 0. The van der Waals surface area contributed by atoms with E-state index in [2.05, 4.69) is 10.6 Å². The minimum Gasteiger partial charge on any atom is -0.481 e. The standard InChI is InChI=1S/C11H12N2O6S/c1-5(14)12-8-3-2-7(20-8)10(17)13-6(11(18)19)4-9(15)16/h2-3,6H,4H2,1H3,(H,12,14)(H,13,17)(H,15,16)(H,18,19)/t6-/m0/s1. The molecule has 0 radical (unpaired) electrons. The van der Waals surface area contributed by atoms with Crippen LogP contribution in [0.4, 0.5) is 5.00 Å². The van der Waals surface area contributed by atoms with Crippen molar-refractivity contribution in [3.63, 3.8) is 0 Å². The van der Waals surface area contributed by atoms with E-state index in [1.807, 2.05) is 0 Å². The second-order valence-corrected chi connectivity index (χ2v) is 4.89. The van der Waals surface area contributed by atoms with Gasteiger partial charge in [0.2, 0.25) is 5.91 Å². The molecule has 0 bridgehead atoms. The van der Waals surface area contributed by atoms with Crippen molar-refractivity contribution in [3.8, 4) is 0 Å². The van der Waals surface area contributed by atoms with Gasteiger partial charge in [-0.3, -0.25) is 14.4 Å². The fraction of sp³-hybridized carbons (Fsp3) is 0.273. The number of hydrogen-bond acceptors (Lipinski definition) is 5. The summed E-state index contributed by atoms with van der Waals surface area (Å²) in [6.45, 7) is 1.31. The van der Waals surface area contributed by atoms with Crippen molar-refractivity contribution in [1.82, 2.24) is 5.32 Å². The average Bonchev–Trinajstić information content (AvgIpc) is 2.74. The first-order valence-corrected chi connectivity index (χ1v) is 6.24. The highest BCUT2D eigenvalue weighted by molar-refractivity contribution is 7.18. The first-order chi connectivity index (χ1) is 9.29. The number of thiophene rings is 1. The van der Waals surface area contributed by atoms with Gasteiger partial charge in [-0.2, -0.15) is 0 Å². The number of carbonyl (C=O) groups is 4. The zero-order chi connectivity index (χ0) is 15.3. The summed E-state index contributed by atoms with van der Waals surface area (Å²) in [5.41, 5.74) is 0. The molecule has 1 atom stereocenters. The van der Waals surface area contributed by atoms with Crippen molar-refractivity contribution in [2.45, 2.75) is 19.4 Å². The molecular formula is C11H12N2O6S. The molecular weight excluding hydrogens is 288 g/mol. The highest BCUT2D eigenvalue weighted by Gasteiger charge is 2.24. The zero-order valence-electron chi connectivity index (χ0n) is 10.4. The summed E-state index contributed by atoms with van der Waals surface area (Å²) >= 11 is 0.958. The van der Waals surface area contributed by atoms with Crippen LogP contribution < -0.4 is 10.6 Å². The third-order valence-corrected chi connectivity index (χ3v) is 3.11. The molecule has 20 heavy (non-hydrogen) atoms. The molecule has 4 N–H and O–H groups in total. The molecule has 0 spiro atoms. The summed E-state index contributed by atoms with van der Waals surface area (Å²) in [6, 6.07) is 1.39. The van der Waals surface area contributed by atoms with Crippen LogP contribution in [0.3, 0.4) is 0 Å². The Bertz CT molecular complexity index is 553. The van der Waals surface area contributed by atoms with Crippen molar-refractivity contribution in [2.24, 2.45) is 0 Å². The van der Waals surface area contributed by atoms with Crippen molar-refractivity contribution in [1.29, 1.82) is 0 Å². The first-order valence-electron chi connectivity index (χ1n) is 5.42. The van der Waals surface area contributed by atoms with Gasteiger partial charge in [-0.1, -0.05) is 0 Å². The maximum absolute atomic E-state index is 11.8. The molecule has 108 valence electrons. The Labute approximate surface area is 117 Å². The van der Waals surface area contributed by atoms with Gasteiger partial charge in [0, 0.05) is 6.92 Å². The van der Waals surface area contributed by atoms with E-state index in [1.165, 1.54) is 19.1 Å². The maximum atomic E-state index is 11.8. The van der Waals surface area contributed by atoms with Crippen molar-refractivity contribution in [3.05, 3.63) is 17.0 Å². The largest absolute Gasteiger partial charge is 0.481 e. The molecule has 1 rings (SSSR count). The first kappa shape index (κ1) is 15.6. The van der Waals surface area contributed by atoms with Gasteiger partial charge in [0.1, 0.15) is 6.04 Å². The Kier molecular flexibility index (Phi) is 5.21. The second-order valence-electron chi connectivity index (χ2n) is 3.81. The lowest BCUT2D eigenvalue weighted by Crippen LogP contribution is -2.41. The van der Waals surface area contributed by atoms with Crippen molar-refractivity contribution in [2.75, 3.05) is 5.32 Å². The topological polar surface area (TPSA) is 133 Å². The number of carbonyl (C=O) groups excluding carboxylic acids is 2. The SMILES string of the molecule is CC(=O)Nc1ccc(C(=O)N[C@@H](CC(=O)O)C(=O)O)s1. The molecule has 0 unspecified atom stereocenters. The Morgan fingerprint density at radius 1 is 1.25 bits per heavy atom. The van der Waals surface area contributed by atoms with Gasteiger partial charge >= 0.3 is 11.9 Å². The van der Waals surface area contributed by atoms with Crippen LogP contribution in [-0.2, 0) is 14.4 Å². The zero-order valence-corrected chi connectivity index (χ0v) is 11.2. The molecule has 1 aromatic rings. The molecule has 0 aliphatic carbocycles. The summed E-state index contributed by atoms with van der Waals surface area (Å²) in [5, 5.41) is 22.4. The number of rotatable bonds is 6. The van der Waals surface area contributed by atoms with Crippen LogP contribution >= 0.6 is 11.3 Å². The third-order valence-electron chi connectivity index (χ3n) is 2.11. The Morgan fingerprint density at radius 2 is 1.90 bits per heavy atom. The lowest BCUT2D eigenvalue weighted by molar-refractivity contribution is -0.145. The van der Waals surface area contributed by atoms with Crippen molar-refractivity contribution < 1.29 is 29.4 Å². The lowest BCUT2D eigenvalue weighted by Gasteiger charge is -2.11. The molecule has 0 aliphatic heterocycles. The number of hydrogen-bond donors (Lipinski definition) is 4. The fourth-order valence-electron chi connectivity index (χ4n) is 1.30. The highest BCUT2D eigenvalue weighted by Crippen LogP contribution is 2.21. The fourth-order valence-corrected chi connectivity index (χ4v) is 2.16. The Hall–Kier alpha value is -2.42. The number of carboxylic acid groups (broad SMARTS) is 2. The van der Waals surface area contributed by atoms with E-state index in [4.69, 9.17) is 10.2 Å².